The van der Waals surface area contributed by atoms with Crippen molar-refractivity contribution in [2.24, 2.45) is 11.8 Å². The zero-order valence-electron chi connectivity index (χ0n) is 16.3. The smallest absolute Gasteiger partial charge is 0.264 e. The van der Waals surface area contributed by atoms with E-state index in [1.807, 2.05) is 19.1 Å². The van der Waals surface area contributed by atoms with Crippen LogP contribution in [0.4, 0.5) is 5.69 Å². The molecule has 2 fully saturated rings. The van der Waals surface area contributed by atoms with Gasteiger partial charge in [0.25, 0.3) is 15.9 Å². The fourth-order valence-electron chi connectivity index (χ4n) is 4.52. The average Bonchev–Trinajstić information content (AvgIpc) is 3.31. The number of carbonyl (C=O) groups excluding carboxylic acids is 1. The largest absolute Gasteiger partial charge is 0.349 e. The number of anilines is 1. The van der Waals surface area contributed by atoms with E-state index in [1.165, 1.54) is 42.7 Å². The molecule has 1 N–H and O–H groups in total. The lowest BCUT2D eigenvalue weighted by Crippen LogP contribution is -2.38. The fraction of sp³-hybridized carbons (Fsp3) is 0.409. The second-order valence-electron chi connectivity index (χ2n) is 8.09. The highest BCUT2D eigenvalue weighted by Gasteiger charge is 2.40. The van der Waals surface area contributed by atoms with E-state index >= 15 is 0 Å². The van der Waals surface area contributed by atoms with E-state index < -0.39 is 10.0 Å². The highest BCUT2D eigenvalue weighted by atomic mass is 32.2. The molecule has 0 heterocycles. The van der Waals surface area contributed by atoms with Crippen molar-refractivity contribution in [3.05, 3.63) is 59.7 Å². The Hall–Kier alpha value is -2.34. The van der Waals surface area contributed by atoms with Crippen LogP contribution in [0.5, 0.6) is 0 Å². The topological polar surface area (TPSA) is 66.5 Å². The molecule has 1 amide bonds. The molecule has 0 aliphatic heterocycles. The van der Waals surface area contributed by atoms with Crippen molar-refractivity contribution in [2.45, 2.75) is 43.5 Å². The maximum atomic E-state index is 13.0. The van der Waals surface area contributed by atoms with E-state index in [0.29, 0.717) is 17.2 Å². The third kappa shape index (κ3) is 3.53. The summed E-state index contributed by atoms with van der Waals surface area (Å²) in [4.78, 5) is 12.8. The summed E-state index contributed by atoms with van der Waals surface area (Å²) in [6.07, 6.45) is 4.72. The van der Waals surface area contributed by atoms with Gasteiger partial charge in [0.1, 0.15) is 0 Å². The van der Waals surface area contributed by atoms with Crippen molar-refractivity contribution >= 4 is 21.6 Å². The van der Waals surface area contributed by atoms with E-state index in [4.69, 9.17) is 0 Å². The van der Waals surface area contributed by atoms with Gasteiger partial charge in [0.05, 0.1) is 10.6 Å². The molecular weight excluding hydrogens is 372 g/mol. The molecule has 0 spiro atoms. The molecule has 28 heavy (non-hydrogen) atoms. The number of benzene rings is 2. The van der Waals surface area contributed by atoms with Crippen LogP contribution in [0, 0.1) is 18.8 Å². The molecule has 2 aromatic carbocycles. The number of hydrogen-bond donors (Lipinski definition) is 1. The first-order chi connectivity index (χ1) is 13.3. The molecule has 3 atom stereocenters. The third-order valence-electron chi connectivity index (χ3n) is 6.21. The summed E-state index contributed by atoms with van der Waals surface area (Å²) in [7, 11) is -2.21. The molecule has 148 valence electrons. The number of aryl methyl sites for hydroxylation is 1. The predicted octanol–water partition coefficient (Wildman–Crippen LogP) is 3.74. The SMILES string of the molecule is Cc1ccc(N(C)S(=O)(=O)c2cccc(C(=O)N[C@@H]3C[C@@H]4CC[C@@H]3C4)c2)cc1. The number of hydrogen-bond acceptors (Lipinski definition) is 3. The number of rotatable bonds is 5. The third-order valence-corrected chi connectivity index (χ3v) is 7.99. The van der Waals surface area contributed by atoms with Gasteiger partial charge in [-0.25, -0.2) is 8.42 Å². The molecule has 2 bridgehead atoms. The van der Waals surface area contributed by atoms with Crippen LogP contribution < -0.4 is 9.62 Å². The van der Waals surface area contributed by atoms with E-state index in [2.05, 4.69) is 5.32 Å². The van der Waals surface area contributed by atoms with Gasteiger partial charge in [0, 0.05) is 18.7 Å². The van der Waals surface area contributed by atoms with Gasteiger partial charge in [-0.05, 0) is 68.4 Å². The van der Waals surface area contributed by atoms with Gasteiger partial charge in [-0.3, -0.25) is 9.10 Å². The molecule has 5 nitrogen and oxygen atoms in total. The first-order valence-electron chi connectivity index (χ1n) is 9.81. The standard InChI is InChI=1S/C22H26N2O3S/c1-15-6-10-19(11-7-15)24(2)28(26,27)20-5-3-4-18(14-20)22(25)23-21-13-16-8-9-17(21)12-16/h3-7,10-11,14,16-17,21H,8-9,12-13H2,1-2H3,(H,23,25)/t16-,17-,21-/m1/s1. The number of sulfonamides is 1. The monoisotopic (exact) mass is 398 g/mol. The minimum absolute atomic E-state index is 0.121. The van der Waals surface area contributed by atoms with Crippen LogP contribution in [0.1, 0.15) is 41.6 Å². The molecule has 2 saturated carbocycles. The number of fused-ring (bicyclic) bond motifs is 2. The van der Waals surface area contributed by atoms with E-state index in [0.717, 1.165) is 17.9 Å². The number of nitrogens with zero attached hydrogens (tertiary/aromatic N) is 1. The molecule has 6 heteroatoms. The Bertz CT molecular complexity index is 985. The van der Waals surface area contributed by atoms with Crippen LogP contribution in [0.25, 0.3) is 0 Å². The van der Waals surface area contributed by atoms with E-state index in [1.54, 1.807) is 24.3 Å². The minimum atomic E-state index is -3.74. The Balaban J connectivity index is 1.53. The van der Waals surface area contributed by atoms with Crippen LogP contribution >= 0.6 is 0 Å². The highest BCUT2D eigenvalue weighted by molar-refractivity contribution is 7.92. The minimum Gasteiger partial charge on any atom is -0.349 e. The van der Waals surface area contributed by atoms with Crippen molar-refractivity contribution in [2.75, 3.05) is 11.4 Å². The van der Waals surface area contributed by atoms with Gasteiger partial charge in [-0.1, -0.05) is 30.2 Å². The molecule has 0 saturated heterocycles. The first-order valence-corrected chi connectivity index (χ1v) is 11.2. The van der Waals surface area contributed by atoms with E-state index in [9.17, 15) is 13.2 Å². The summed E-state index contributed by atoms with van der Waals surface area (Å²) in [5.41, 5.74) is 2.04. The van der Waals surface area contributed by atoms with Gasteiger partial charge < -0.3 is 5.32 Å². The lowest BCUT2D eigenvalue weighted by Gasteiger charge is -2.23. The number of carbonyl (C=O) groups is 1. The van der Waals surface area contributed by atoms with Crippen LogP contribution in [0.2, 0.25) is 0 Å². The zero-order valence-corrected chi connectivity index (χ0v) is 17.1. The van der Waals surface area contributed by atoms with Crippen molar-refractivity contribution in [1.82, 2.24) is 5.32 Å². The van der Waals surface area contributed by atoms with Crippen molar-refractivity contribution < 1.29 is 13.2 Å². The fourth-order valence-corrected chi connectivity index (χ4v) is 5.76. The van der Waals surface area contributed by atoms with Gasteiger partial charge in [-0.2, -0.15) is 0 Å². The summed E-state index contributed by atoms with van der Waals surface area (Å²) < 4.78 is 27.3. The first kappa shape index (κ1) is 19.0. The van der Waals surface area contributed by atoms with Gasteiger partial charge in [0.15, 0.2) is 0 Å². The summed E-state index contributed by atoms with van der Waals surface area (Å²) in [6, 6.07) is 13.8. The molecule has 0 radical (unpaired) electrons. The molecule has 0 unspecified atom stereocenters. The lowest BCUT2D eigenvalue weighted by molar-refractivity contribution is 0.0922. The maximum absolute atomic E-state index is 13.0. The number of amides is 1. The van der Waals surface area contributed by atoms with Crippen LogP contribution in [0.15, 0.2) is 53.4 Å². The lowest BCUT2D eigenvalue weighted by atomic mass is 9.95. The second kappa shape index (κ2) is 7.24. The molecule has 2 aliphatic carbocycles. The average molecular weight is 399 g/mol. The molecule has 2 aliphatic rings. The van der Waals surface area contributed by atoms with Gasteiger partial charge >= 0.3 is 0 Å². The molecule has 0 aromatic heterocycles. The zero-order chi connectivity index (χ0) is 19.9. The normalized spacial score (nSPS) is 23.6. The van der Waals surface area contributed by atoms with Crippen LogP contribution in [-0.4, -0.2) is 27.4 Å². The van der Waals surface area contributed by atoms with Gasteiger partial charge in [-0.15, -0.1) is 0 Å². The van der Waals surface area contributed by atoms with Crippen LogP contribution in [-0.2, 0) is 10.0 Å². The molecular formula is C22H26N2O3S. The van der Waals surface area contributed by atoms with Crippen molar-refractivity contribution in [1.29, 1.82) is 0 Å². The molecule has 4 rings (SSSR count). The maximum Gasteiger partial charge on any atom is 0.264 e. The predicted molar refractivity (Wildman–Crippen MR) is 110 cm³/mol. The Morgan fingerprint density at radius 2 is 1.82 bits per heavy atom. The molecule has 2 aromatic rings. The second-order valence-corrected chi connectivity index (χ2v) is 10.1. The summed E-state index contributed by atoms with van der Waals surface area (Å²) >= 11 is 0. The van der Waals surface area contributed by atoms with Crippen molar-refractivity contribution in [3.8, 4) is 0 Å². The van der Waals surface area contributed by atoms with E-state index in [-0.39, 0.29) is 16.8 Å². The summed E-state index contributed by atoms with van der Waals surface area (Å²) in [5.74, 6) is 1.13. The highest BCUT2D eigenvalue weighted by Crippen LogP contribution is 2.44. The summed E-state index contributed by atoms with van der Waals surface area (Å²) in [5, 5.41) is 3.13. The summed E-state index contributed by atoms with van der Waals surface area (Å²) in [6.45, 7) is 1.95. The Morgan fingerprint density at radius 3 is 2.46 bits per heavy atom. The Labute approximate surface area is 166 Å². The Kier molecular flexibility index (Phi) is 4.91. The quantitative estimate of drug-likeness (QED) is 0.834. The van der Waals surface area contributed by atoms with Gasteiger partial charge in [0.2, 0.25) is 0 Å². The number of nitrogens with one attached hydrogen (secondary N) is 1. The van der Waals surface area contributed by atoms with Crippen LogP contribution in [0.3, 0.4) is 0 Å². The Morgan fingerprint density at radius 1 is 1.07 bits per heavy atom. The van der Waals surface area contributed by atoms with Crippen molar-refractivity contribution in [3.63, 3.8) is 0 Å².